The average molecular weight is 481 g/mol. The maximum Gasteiger partial charge on any atom is 0.261 e. The molecule has 0 fully saturated rings. The summed E-state index contributed by atoms with van der Waals surface area (Å²) >= 11 is 2.56. The van der Waals surface area contributed by atoms with Gasteiger partial charge in [-0.2, -0.15) is 0 Å². The molecule has 0 unspecified atom stereocenters. The molecule has 1 aromatic heterocycles. The Morgan fingerprint density at radius 3 is 2.24 bits per heavy atom. The summed E-state index contributed by atoms with van der Waals surface area (Å²) < 4.78 is 0.646. The molecular formula is C23H20N4O4S2. The second kappa shape index (κ2) is 9.97. The number of nitrogens with zero attached hydrogens (tertiary/aromatic N) is 2. The molecule has 3 aromatic rings. The standard InChI is InChI=1S/C23H20N4O4S2/c1-24-18(29)13-32-23-26-19(14-7-3-2-4-8-14)20(33-23)25-17(28)11-12-27-21(30)15-9-5-6-10-16(15)22(27)31/h2-10H,11-13H2,1H3,(H,24,29)(H,25,28). The molecule has 0 atom stereocenters. The van der Waals surface area contributed by atoms with Crippen molar-refractivity contribution in [2.24, 2.45) is 0 Å². The maximum atomic E-state index is 12.7. The number of imide groups is 1. The van der Waals surface area contributed by atoms with Crippen molar-refractivity contribution in [3.63, 3.8) is 0 Å². The van der Waals surface area contributed by atoms with Gasteiger partial charge in [0.25, 0.3) is 11.8 Å². The third-order valence-electron chi connectivity index (χ3n) is 4.95. The SMILES string of the molecule is CNC(=O)CSc1nc(-c2ccccc2)c(NC(=O)CCN2C(=O)c3ccccc3C2=O)s1. The number of anilines is 1. The summed E-state index contributed by atoms with van der Waals surface area (Å²) in [7, 11) is 1.57. The molecule has 0 aliphatic carbocycles. The van der Waals surface area contributed by atoms with Gasteiger partial charge in [-0.15, -0.1) is 0 Å². The third-order valence-corrected chi connectivity index (χ3v) is 7.07. The number of hydrogen-bond acceptors (Lipinski definition) is 7. The Morgan fingerprint density at radius 1 is 0.970 bits per heavy atom. The van der Waals surface area contributed by atoms with E-state index in [1.54, 1.807) is 31.3 Å². The molecule has 33 heavy (non-hydrogen) atoms. The predicted octanol–water partition coefficient (Wildman–Crippen LogP) is 3.27. The summed E-state index contributed by atoms with van der Waals surface area (Å²) in [6.07, 6.45) is -0.0433. The highest BCUT2D eigenvalue weighted by Crippen LogP contribution is 2.37. The highest BCUT2D eigenvalue weighted by molar-refractivity contribution is 8.01. The number of hydrogen-bond donors (Lipinski definition) is 2. The van der Waals surface area contributed by atoms with Crippen LogP contribution in [-0.4, -0.2) is 52.9 Å². The lowest BCUT2D eigenvalue weighted by molar-refractivity contribution is -0.118. The van der Waals surface area contributed by atoms with Crippen molar-refractivity contribution < 1.29 is 19.2 Å². The highest BCUT2D eigenvalue weighted by atomic mass is 32.2. The molecular weight excluding hydrogens is 460 g/mol. The van der Waals surface area contributed by atoms with Gasteiger partial charge in [-0.25, -0.2) is 4.98 Å². The summed E-state index contributed by atoms with van der Waals surface area (Å²) in [5.74, 6) is -1.03. The molecule has 0 saturated carbocycles. The van der Waals surface area contributed by atoms with Crippen LogP contribution in [0.3, 0.4) is 0 Å². The molecule has 0 bridgehead atoms. The molecule has 10 heteroatoms. The topological polar surface area (TPSA) is 108 Å². The summed E-state index contributed by atoms with van der Waals surface area (Å²) in [4.78, 5) is 55.0. The monoisotopic (exact) mass is 480 g/mol. The van der Waals surface area contributed by atoms with Crippen LogP contribution in [0.25, 0.3) is 11.3 Å². The molecule has 0 radical (unpaired) electrons. The minimum Gasteiger partial charge on any atom is -0.358 e. The van der Waals surface area contributed by atoms with E-state index in [2.05, 4.69) is 15.6 Å². The number of nitrogens with one attached hydrogen (secondary N) is 2. The van der Waals surface area contributed by atoms with Crippen LogP contribution < -0.4 is 10.6 Å². The van der Waals surface area contributed by atoms with E-state index in [0.717, 1.165) is 10.5 Å². The molecule has 2 N–H and O–H groups in total. The van der Waals surface area contributed by atoms with Crippen LogP contribution in [0.4, 0.5) is 5.00 Å². The van der Waals surface area contributed by atoms with Crippen molar-refractivity contribution in [1.82, 2.24) is 15.2 Å². The number of thiazole rings is 1. The zero-order valence-corrected chi connectivity index (χ0v) is 19.3. The Balaban J connectivity index is 1.46. The van der Waals surface area contributed by atoms with E-state index in [1.807, 2.05) is 30.3 Å². The molecule has 0 saturated heterocycles. The second-order valence-corrected chi connectivity index (χ2v) is 9.31. The van der Waals surface area contributed by atoms with Crippen LogP contribution in [0.2, 0.25) is 0 Å². The predicted molar refractivity (Wildman–Crippen MR) is 127 cm³/mol. The van der Waals surface area contributed by atoms with Crippen LogP contribution in [0, 0.1) is 0 Å². The zero-order valence-electron chi connectivity index (χ0n) is 17.7. The van der Waals surface area contributed by atoms with Crippen LogP contribution in [0.5, 0.6) is 0 Å². The number of thioether (sulfide) groups is 1. The van der Waals surface area contributed by atoms with E-state index >= 15 is 0 Å². The van der Waals surface area contributed by atoms with Crippen molar-refractivity contribution in [2.45, 2.75) is 10.8 Å². The first kappa shape index (κ1) is 22.7. The number of carbonyl (C=O) groups excluding carboxylic acids is 4. The number of carbonyl (C=O) groups is 4. The van der Waals surface area contributed by atoms with E-state index in [9.17, 15) is 19.2 Å². The van der Waals surface area contributed by atoms with Gasteiger partial charge in [-0.1, -0.05) is 65.6 Å². The maximum absolute atomic E-state index is 12.7. The first-order valence-electron chi connectivity index (χ1n) is 10.1. The minimum absolute atomic E-state index is 0.0179. The van der Waals surface area contributed by atoms with Gasteiger partial charge in [0.05, 0.1) is 16.9 Å². The Bertz CT molecular complexity index is 1190. The molecule has 8 nitrogen and oxygen atoms in total. The summed E-state index contributed by atoms with van der Waals surface area (Å²) in [5.41, 5.74) is 2.15. The molecule has 4 rings (SSSR count). The third kappa shape index (κ3) is 4.96. The number of benzene rings is 2. The van der Waals surface area contributed by atoms with Gasteiger partial charge in [-0.3, -0.25) is 24.1 Å². The van der Waals surface area contributed by atoms with Gasteiger partial charge >= 0.3 is 0 Å². The second-order valence-electron chi connectivity index (χ2n) is 7.09. The van der Waals surface area contributed by atoms with E-state index < -0.39 is 0 Å². The van der Waals surface area contributed by atoms with Gasteiger partial charge in [0.2, 0.25) is 11.8 Å². The Kier molecular flexibility index (Phi) is 6.85. The number of amides is 4. The lowest BCUT2D eigenvalue weighted by Crippen LogP contribution is -2.32. The van der Waals surface area contributed by atoms with Crippen LogP contribution >= 0.6 is 23.1 Å². The van der Waals surface area contributed by atoms with E-state index in [-0.39, 0.29) is 42.3 Å². The molecule has 4 amide bonds. The fraction of sp³-hybridized carbons (Fsp3) is 0.174. The first-order valence-corrected chi connectivity index (χ1v) is 11.9. The van der Waals surface area contributed by atoms with E-state index in [0.29, 0.717) is 26.2 Å². The number of aromatic nitrogens is 1. The smallest absolute Gasteiger partial charge is 0.261 e. The van der Waals surface area contributed by atoms with Crippen LogP contribution in [0.15, 0.2) is 58.9 Å². The normalized spacial score (nSPS) is 12.6. The quantitative estimate of drug-likeness (QED) is 0.378. The van der Waals surface area contributed by atoms with E-state index in [4.69, 9.17) is 0 Å². The zero-order chi connectivity index (χ0) is 23.4. The number of rotatable bonds is 8. The summed E-state index contributed by atoms with van der Waals surface area (Å²) in [6.45, 7) is -0.0179. The lowest BCUT2D eigenvalue weighted by atomic mass is 10.1. The molecule has 2 aromatic carbocycles. The Labute approximate surface area is 198 Å². The molecule has 1 aliphatic rings. The van der Waals surface area contributed by atoms with Crippen molar-refractivity contribution in [3.05, 3.63) is 65.7 Å². The lowest BCUT2D eigenvalue weighted by Gasteiger charge is -2.13. The highest BCUT2D eigenvalue weighted by Gasteiger charge is 2.35. The van der Waals surface area contributed by atoms with Gasteiger partial charge in [0.15, 0.2) is 4.34 Å². The van der Waals surface area contributed by atoms with Gasteiger partial charge < -0.3 is 10.6 Å². The van der Waals surface area contributed by atoms with Crippen LogP contribution in [-0.2, 0) is 9.59 Å². The fourth-order valence-electron chi connectivity index (χ4n) is 3.28. The summed E-state index contributed by atoms with van der Waals surface area (Å²) in [6, 6.07) is 16.0. The van der Waals surface area contributed by atoms with Gasteiger partial charge in [0.1, 0.15) is 10.7 Å². The van der Waals surface area contributed by atoms with Crippen molar-refractivity contribution >= 4 is 51.7 Å². The van der Waals surface area contributed by atoms with Crippen LogP contribution in [0.1, 0.15) is 27.1 Å². The van der Waals surface area contributed by atoms with E-state index in [1.165, 1.54) is 23.1 Å². The molecule has 2 heterocycles. The van der Waals surface area contributed by atoms with Crippen molar-refractivity contribution in [2.75, 3.05) is 24.7 Å². The Morgan fingerprint density at radius 2 is 1.61 bits per heavy atom. The molecule has 0 spiro atoms. The first-order chi connectivity index (χ1) is 16.0. The molecule has 1 aliphatic heterocycles. The summed E-state index contributed by atoms with van der Waals surface area (Å²) in [5, 5.41) is 5.97. The number of fused-ring (bicyclic) bond motifs is 1. The van der Waals surface area contributed by atoms with Gasteiger partial charge in [0, 0.05) is 25.6 Å². The molecule has 168 valence electrons. The van der Waals surface area contributed by atoms with Crippen molar-refractivity contribution in [3.8, 4) is 11.3 Å². The average Bonchev–Trinajstić information content (AvgIpc) is 3.35. The fourth-order valence-corrected chi connectivity index (χ4v) is 5.24. The largest absolute Gasteiger partial charge is 0.358 e. The van der Waals surface area contributed by atoms with Crippen molar-refractivity contribution in [1.29, 1.82) is 0 Å². The Hall–Kier alpha value is -3.50. The minimum atomic E-state index is -0.390. The van der Waals surface area contributed by atoms with Gasteiger partial charge in [-0.05, 0) is 12.1 Å².